The lowest BCUT2D eigenvalue weighted by molar-refractivity contribution is 0.359. The van der Waals surface area contributed by atoms with Crippen LogP contribution in [0.25, 0.3) is 0 Å². The molecule has 0 rings (SSSR count). The van der Waals surface area contributed by atoms with Crippen molar-refractivity contribution in [3.8, 4) is 0 Å². The van der Waals surface area contributed by atoms with E-state index >= 15 is 0 Å². The molecule has 0 saturated carbocycles. The van der Waals surface area contributed by atoms with E-state index < -0.39 is 51.7 Å². The van der Waals surface area contributed by atoms with Crippen LogP contribution >= 0.6 is 5.53 Å². The molecule has 0 aliphatic carbocycles. The first-order valence-electron chi connectivity index (χ1n) is 3.36. The largest absolute Gasteiger partial charge is 0.380 e. The third-order valence-corrected chi connectivity index (χ3v) is 20.9. The molecule has 0 aromatic heterocycles. The topological polar surface area (TPSA) is 163 Å². The van der Waals surface area contributed by atoms with E-state index in [1.807, 2.05) is 0 Å². The van der Waals surface area contributed by atoms with Crippen LogP contribution in [0.5, 0.6) is 0 Å². The summed E-state index contributed by atoms with van der Waals surface area (Å²) in [5.74, 6) is -5.13. The molecule has 0 aromatic rings. The standard InChI is InChI=1S/C3H9O9PS3/c4-1-14(7,8)13(15(9,10)2-5)16(11,12)3-6/h4-6H,1-3H2. The molecule has 0 fully saturated rings. The van der Waals surface area contributed by atoms with Gasteiger partial charge in [0, 0.05) is 0 Å². The maximum absolute atomic E-state index is 11.1. The van der Waals surface area contributed by atoms with Gasteiger partial charge in [0.2, 0.25) is 28.4 Å². The second-order valence-corrected chi connectivity index (χ2v) is 17.4. The molecule has 0 spiro atoms. The summed E-state index contributed by atoms with van der Waals surface area (Å²) < 4.78 is 66.7. The highest BCUT2D eigenvalue weighted by Crippen LogP contribution is 2.55. The lowest BCUT2D eigenvalue weighted by Crippen LogP contribution is -2.20. The van der Waals surface area contributed by atoms with Crippen LogP contribution in [0.1, 0.15) is 0 Å². The average Bonchev–Trinajstić information content (AvgIpc) is 2.16. The van der Waals surface area contributed by atoms with Gasteiger partial charge in [0.15, 0.2) is 17.8 Å². The van der Waals surface area contributed by atoms with E-state index in [0.29, 0.717) is 0 Å². The van der Waals surface area contributed by atoms with Crippen molar-refractivity contribution < 1.29 is 40.6 Å². The molecule has 0 radical (unpaired) electrons. The fourth-order valence-corrected chi connectivity index (χ4v) is 17.8. The highest BCUT2D eigenvalue weighted by atomic mass is 33.4. The van der Waals surface area contributed by atoms with Gasteiger partial charge < -0.3 is 15.3 Å². The molecule has 0 aliphatic rings. The summed E-state index contributed by atoms with van der Waals surface area (Å²) in [6, 6.07) is 0. The molecule has 0 aromatic carbocycles. The van der Waals surface area contributed by atoms with Crippen LogP contribution < -0.4 is 0 Å². The number of hydrogen-bond acceptors (Lipinski definition) is 9. The van der Waals surface area contributed by atoms with Gasteiger partial charge in [-0.15, -0.1) is 0 Å². The van der Waals surface area contributed by atoms with Crippen molar-refractivity contribution in [2.24, 2.45) is 0 Å². The van der Waals surface area contributed by atoms with Gasteiger partial charge in [-0.25, -0.2) is 25.3 Å². The molecule has 0 atom stereocenters. The summed E-state index contributed by atoms with van der Waals surface area (Å²) in [5, 5.41) is 25.3. The summed E-state index contributed by atoms with van der Waals surface area (Å²) >= 11 is 0. The van der Waals surface area contributed by atoms with Gasteiger partial charge in [0.05, 0.1) is 0 Å². The Bertz CT molecular complexity index is 446. The average molecular weight is 316 g/mol. The van der Waals surface area contributed by atoms with Gasteiger partial charge in [-0.3, -0.25) is 0 Å². The molecule has 0 saturated heterocycles. The fraction of sp³-hybridized carbons (Fsp3) is 1.00. The van der Waals surface area contributed by atoms with Crippen LogP contribution in [0, 0.1) is 0 Å². The summed E-state index contributed by atoms with van der Waals surface area (Å²) in [5.41, 5.74) is -3.82. The van der Waals surface area contributed by atoms with Gasteiger partial charge in [-0.2, -0.15) is 0 Å². The maximum atomic E-state index is 11.1. The van der Waals surface area contributed by atoms with E-state index in [1.165, 1.54) is 0 Å². The molecule has 0 amide bonds. The second kappa shape index (κ2) is 5.21. The predicted octanol–water partition coefficient (Wildman–Crippen LogP) is -2.69. The third-order valence-electron chi connectivity index (χ3n) is 1.17. The Balaban J connectivity index is 6.03. The minimum atomic E-state index is -4.88. The van der Waals surface area contributed by atoms with Crippen LogP contribution in [-0.4, -0.2) is 58.4 Å². The van der Waals surface area contributed by atoms with Crippen LogP contribution in [0.2, 0.25) is 0 Å². The highest BCUT2D eigenvalue weighted by molar-refractivity contribution is 9.06. The molecular weight excluding hydrogens is 307 g/mol. The highest BCUT2D eigenvalue weighted by Gasteiger charge is 2.47. The van der Waals surface area contributed by atoms with Gasteiger partial charge in [0.1, 0.15) is 0 Å². The Kier molecular flexibility index (Phi) is 5.26. The molecule has 0 heterocycles. The second-order valence-electron chi connectivity index (χ2n) is 2.36. The Morgan fingerprint density at radius 1 is 0.625 bits per heavy atom. The number of rotatable bonds is 6. The Hall–Kier alpha value is 0.160. The smallest absolute Gasteiger partial charge is 0.271 e. The van der Waals surface area contributed by atoms with E-state index in [0.717, 1.165) is 0 Å². The Morgan fingerprint density at radius 3 is 0.938 bits per heavy atom. The van der Waals surface area contributed by atoms with Crippen molar-refractivity contribution >= 4 is 33.9 Å². The van der Waals surface area contributed by atoms with E-state index in [1.54, 1.807) is 0 Å². The molecule has 3 N–H and O–H groups in total. The quantitative estimate of drug-likeness (QED) is 0.442. The number of aliphatic hydroxyl groups excluding tert-OH is 3. The molecule has 13 heteroatoms. The molecule has 98 valence electrons. The van der Waals surface area contributed by atoms with Crippen LogP contribution in [0.15, 0.2) is 0 Å². The van der Waals surface area contributed by atoms with Crippen molar-refractivity contribution in [3.63, 3.8) is 0 Å². The summed E-state index contributed by atoms with van der Waals surface area (Å²) in [6.07, 6.45) is 0. The molecule has 0 unspecified atom stereocenters. The van der Waals surface area contributed by atoms with Crippen molar-refractivity contribution in [1.82, 2.24) is 0 Å². The predicted molar refractivity (Wildman–Crippen MR) is 54.9 cm³/mol. The minimum Gasteiger partial charge on any atom is -0.380 e. The van der Waals surface area contributed by atoms with Crippen LogP contribution in [0.3, 0.4) is 0 Å². The summed E-state index contributed by atoms with van der Waals surface area (Å²) in [4.78, 5) is 0. The zero-order chi connectivity index (χ0) is 13.2. The number of aliphatic hydroxyl groups is 3. The first kappa shape index (κ1) is 16.2. The zero-order valence-electron chi connectivity index (χ0n) is 7.58. The Morgan fingerprint density at radius 2 is 0.812 bits per heavy atom. The van der Waals surface area contributed by atoms with Crippen LogP contribution in [0.4, 0.5) is 0 Å². The van der Waals surface area contributed by atoms with Crippen molar-refractivity contribution in [2.75, 3.05) is 17.8 Å². The van der Waals surface area contributed by atoms with E-state index in [9.17, 15) is 25.3 Å². The lowest BCUT2D eigenvalue weighted by atomic mass is 11.7. The Labute approximate surface area is 92.5 Å². The summed E-state index contributed by atoms with van der Waals surface area (Å²) in [6.45, 7) is 0. The van der Waals surface area contributed by atoms with Gasteiger partial charge in [-0.1, -0.05) is 0 Å². The van der Waals surface area contributed by atoms with E-state index in [-0.39, 0.29) is 0 Å². The van der Waals surface area contributed by atoms with E-state index in [2.05, 4.69) is 0 Å². The minimum absolute atomic E-state index is 1.71. The van der Waals surface area contributed by atoms with Gasteiger partial charge in [0.25, 0.3) is 5.53 Å². The van der Waals surface area contributed by atoms with Gasteiger partial charge in [-0.05, 0) is 0 Å². The van der Waals surface area contributed by atoms with E-state index in [4.69, 9.17) is 15.3 Å². The third kappa shape index (κ3) is 3.32. The van der Waals surface area contributed by atoms with Crippen molar-refractivity contribution in [3.05, 3.63) is 0 Å². The molecule has 9 nitrogen and oxygen atoms in total. The molecule has 16 heavy (non-hydrogen) atoms. The first-order chi connectivity index (χ1) is 7.05. The maximum Gasteiger partial charge on any atom is 0.271 e. The molecular formula is C3H9O9PS3. The zero-order valence-corrected chi connectivity index (χ0v) is 10.9. The van der Waals surface area contributed by atoms with Crippen molar-refractivity contribution in [2.45, 2.75) is 0 Å². The van der Waals surface area contributed by atoms with Gasteiger partial charge >= 0.3 is 0 Å². The normalized spacial score (nSPS) is 14.2. The number of hydrogen-bond donors (Lipinski definition) is 3. The fourth-order valence-electron chi connectivity index (χ4n) is 0.660. The molecule has 0 aliphatic heterocycles. The lowest BCUT2D eigenvalue weighted by Gasteiger charge is -2.13. The monoisotopic (exact) mass is 316 g/mol. The molecule has 0 bridgehead atoms. The summed E-state index contributed by atoms with van der Waals surface area (Å²) in [7, 11) is -14.6. The first-order valence-corrected chi connectivity index (χ1v) is 11.5. The van der Waals surface area contributed by atoms with Crippen LogP contribution in [-0.2, 0) is 28.4 Å². The van der Waals surface area contributed by atoms with Crippen molar-refractivity contribution in [1.29, 1.82) is 0 Å². The SMILES string of the molecule is O=S(=O)(CO)P(S(=O)(=O)CO)S(=O)(=O)CO.